The van der Waals surface area contributed by atoms with E-state index in [-0.39, 0.29) is 5.63 Å². The predicted molar refractivity (Wildman–Crippen MR) is 85.6 cm³/mol. The molecule has 2 nitrogen and oxygen atoms in total. The monoisotopic (exact) mass is 382 g/mol. The van der Waals surface area contributed by atoms with Crippen LogP contribution in [0.4, 0.5) is 0 Å². The molecule has 1 aromatic heterocycles. The number of halogens is 2. The van der Waals surface area contributed by atoms with Gasteiger partial charge in [-0.15, -0.1) is 0 Å². The van der Waals surface area contributed by atoms with E-state index in [1.165, 1.54) is 0 Å². The molecule has 0 radical (unpaired) electrons. The van der Waals surface area contributed by atoms with Gasteiger partial charge in [-0.25, -0.2) is 4.79 Å². The largest absolute Gasteiger partial charge is 0.421 e. The smallest absolute Gasteiger partial charge is 0.344 e. The highest BCUT2D eigenvalue weighted by atomic mass is 127. The fourth-order valence-corrected chi connectivity index (χ4v) is 3.03. The summed E-state index contributed by atoms with van der Waals surface area (Å²) < 4.78 is 6.35. The molecule has 19 heavy (non-hydrogen) atoms. The summed E-state index contributed by atoms with van der Waals surface area (Å²) in [6.07, 6.45) is 0. The Kier molecular flexibility index (Phi) is 3.33. The molecule has 3 rings (SSSR count). The molecule has 0 fully saturated rings. The van der Waals surface area contributed by atoms with Crippen LogP contribution < -0.4 is 5.63 Å². The van der Waals surface area contributed by atoms with Crippen LogP contribution in [0.25, 0.3) is 22.1 Å². The van der Waals surface area contributed by atoms with Crippen LogP contribution in [0.1, 0.15) is 0 Å². The first-order valence-corrected chi connectivity index (χ1v) is 7.10. The Hall–Kier alpha value is -1.33. The molecule has 0 amide bonds. The molecule has 0 saturated carbocycles. The highest BCUT2D eigenvalue weighted by Crippen LogP contribution is 2.30. The van der Waals surface area contributed by atoms with Gasteiger partial charge in [0.05, 0.1) is 8.96 Å². The van der Waals surface area contributed by atoms with Crippen molar-refractivity contribution < 1.29 is 4.42 Å². The standard InChI is InChI=1S/C15H8ClIO2/c16-10-6-7-11-12(8-10)15(18)19-14(13(11)17)9-4-2-1-3-5-9/h1-8H. The van der Waals surface area contributed by atoms with Crippen molar-refractivity contribution in [2.75, 3.05) is 0 Å². The summed E-state index contributed by atoms with van der Waals surface area (Å²) in [5.41, 5.74) is 0.526. The lowest BCUT2D eigenvalue weighted by atomic mass is 10.1. The molecule has 4 heteroatoms. The van der Waals surface area contributed by atoms with Crippen LogP contribution in [0, 0.1) is 3.57 Å². The summed E-state index contributed by atoms with van der Waals surface area (Å²) in [4.78, 5) is 12.0. The summed E-state index contributed by atoms with van der Waals surface area (Å²) in [5, 5.41) is 1.90. The van der Waals surface area contributed by atoms with Crippen LogP contribution >= 0.6 is 34.2 Å². The van der Waals surface area contributed by atoms with Gasteiger partial charge in [0.25, 0.3) is 0 Å². The number of fused-ring (bicyclic) bond motifs is 1. The van der Waals surface area contributed by atoms with E-state index in [4.69, 9.17) is 16.0 Å². The van der Waals surface area contributed by atoms with Crippen molar-refractivity contribution >= 4 is 45.0 Å². The van der Waals surface area contributed by atoms with Gasteiger partial charge in [0.15, 0.2) is 5.76 Å². The van der Waals surface area contributed by atoms with Crippen molar-refractivity contribution in [3.63, 3.8) is 0 Å². The van der Waals surface area contributed by atoms with Gasteiger partial charge in [0.2, 0.25) is 0 Å². The molecule has 0 aliphatic carbocycles. The lowest BCUT2D eigenvalue weighted by Gasteiger charge is -2.06. The van der Waals surface area contributed by atoms with Crippen LogP contribution in [-0.2, 0) is 0 Å². The summed E-state index contributed by atoms with van der Waals surface area (Å²) in [6, 6.07) is 14.9. The Morgan fingerprint density at radius 1 is 1.00 bits per heavy atom. The van der Waals surface area contributed by atoms with Crippen LogP contribution in [0.2, 0.25) is 5.02 Å². The molecule has 94 valence electrons. The zero-order chi connectivity index (χ0) is 13.4. The van der Waals surface area contributed by atoms with Gasteiger partial charge in [0, 0.05) is 16.0 Å². The zero-order valence-corrected chi connectivity index (χ0v) is 12.6. The van der Waals surface area contributed by atoms with E-state index < -0.39 is 0 Å². The normalized spacial score (nSPS) is 10.8. The third-order valence-electron chi connectivity index (χ3n) is 2.87. The van der Waals surface area contributed by atoms with Crippen molar-refractivity contribution in [2.45, 2.75) is 0 Å². The lowest BCUT2D eigenvalue weighted by Crippen LogP contribution is -2.02. The average molecular weight is 383 g/mol. The fraction of sp³-hybridized carbons (Fsp3) is 0. The first-order valence-electron chi connectivity index (χ1n) is 5.64. The molecule has 0 aliphatic rings. The van der Waals surface area contributed by atoms with Gasteiger partial charge in [-0.1, -0.05) is 48.0 Å². The molecule has 0 aliphatic heterocycles. The maximum absolute atomic E-state index is 12.0. The van der Waals surface area contributed by atoms with Crippen molar-refractivity contribution in [3.05, 3.63) is 67.5 Å². The predicted octanol–water partition coefficient (Wildman–Crippen LogP) is 4.72. The van der Waals surface area contributed by atoms with E-state index in [1.807, 2.05) is 36.4 Å². The van der Waals surface area contributed by atoms with E-state index in [0.717, 1.165) is 14.5 Å². The minimum Gasteiger partial charge on any atom is -0.421 e. The van der Waals surface area contributed by atoms with E-state index in [1.54, 1.807) is 12.1 Å². The Morgan fingerprint density at radius 3 is 2.47 bits per heavy atom. The van der Waals surface area contributed by atoms with Gasteiger partial charge in [-0.3, -0.25) is 0 Å². The molecular weight excluding hydrogens is 375 g/mol. The third kappa shape index (κ3) is 2.28. The van der Waals surface area contributed by atoms with Gasteiger partial charge >= 0.3 is 5.63 Å². The number of hydrogen-bond donors (Lipinski definition) is 0. The lowest BCUT2D eigenvalue weighted by molar-refractivity contribution is 0.532. The number of hydrogen-bond acceptors (Lipinski definition) is 2. The van der Waals surface area contributed by atoms with E-state index in [0.29, 0.717) is 16.2 Å². The molecule has 0 spiro atoms. The Morgan fingerprint density at radius 2 is 1.74 bits per heavy atom. The quantitative estimate of drug-likeness (QED) is 0.570. The molecule has 0 N–H and O–H groups in total. The summed E-state index contributed by atoms with van der Waals surface area (Å²) in [5.74, 6) is 0.598. The van der Waals surface area contributed by atoms with Gasteiger partial charge in [-0.05, 0) is 34.7 Å². The molecule has 2 aromatic carbocycles. The maximum atomic E-state index is 12.0. The minimum absolute atomic E-state index is 0.364. The Bertz CT molecular complexity index is 809. The summed E-state index contributed by atoms with van der Waals surface area (Å²) in [6.45, 7) is 0. The SMILES string of the molecule is O=c1oc(-c2ccccc2)c(I)c2ccc(Cl)cc12. The summed E-state index contributed by atoms with van der Waals surface area (Å²) in [7, 11) is 0. The number of rotatable bonds is 1. The Labute approximate surface area is 128 Å². The van der Waals surface area contributed by atoms with Crippen LogP contribution in [-0.4, -0.2) is 0 Å². The second-order valence-corrected chi connectivity index (χ2v) is 5.60. The van der Waals surface area contributed by atoms with Crippen molar-refractivity contribution in [2.24, 2.45) is 0 Å². The first-order chi connectivity index (χ1) is 9.16. The fourth-order valence-electron chi connectivity index (χ4n) is 1.97. The van der Waals surface area contributed by atoms with Crippen LogP contribution in [0.15, 0.2) is 57.7 Å². The highest BCUT2D eigenvalue weighted by molar-refractivity contribution is 14.1. The highest BCUT2D eigenvalue weighted by Gasteiger charge is 2.13. The second-order valence-electron chi connectivity index (χ2n) is 4.09. The Balaban J connectivity index is 2.38. The zero-order valence-electron chi connectivity index (χ0n) is 9.69. The molecule has 0 saturated heterocycles. The minimum atomic E-state index is -0.364. The maximum Gasteiger partial charge on any atom is 0.344 e. The van der Waals surface area contributed by atoms with E-state index in [9.17, 15) is 4.79 Å². The van der Waals surface area contributed by atoms with E-state index in [2.05, 4.69) is 22.6 Å². The van der Waals surface area contributed by atoms with Crippen molar-refractivity contribution in [1.82, 2.24) is 0 Å². The van der Waals surface area contributed by atoms with Crippen molar-refractivity contribution in [3.8, 4) is 11.3 Å². The van der Waals surface area contributed by atoms with Crippen molar-refractivity contribution in [1.29, 1.82) is 0 Å². The first kappa shape index (κ1) is 12.7. The molecular formula is C15H8ClIO2. The van der Waals surface area contributed by atoms with Gasteiger partial charge < -0.3 is 4.42 Å². The molecule has 1 heterocycles. The van der Waals surface area contributed by atoms with Crippen LogP contribution in [0.3, 0.4) is 0 Å². The molecule has 3 aromatic rings. The summed E-state index contributed by atoms with van der Waals surface area (Å²) >= 11 is 8.11. The molecule has 0 bridgehead atoms. The van der Waals surface area contributed by atoms with E-state index >= 15 is 0 Å². The third-order valence-corrected chi connectivity index (χ3v) is 4.17. The second kappa shape index (κ2) is 4.98. The van der Waals surface area contributed by atoms with Gasteiger partial charge in [-0.2, -0.15) is 0 Å². The number of benzene rings is 2. The van der Waals surface area contributed by atoms with Gasteiger partial charge in [0.1, 0.15) is 0 Å². The molecule has 0 atom stereocenters. The average Bonchev–Trinajstić information content (AvgIpc) is 2.43. The van der Waals surface area contributed by atoms with Crippen LogP contribution in [0.5, 0.6) is 0 Å². The topological polar surface area (TPSA) is 30.2 Å². The molecule has 0 unspecified atom stereocenters.